The standard InChI is InChI=1S/C25H26Cl2N2O5/c1-16-22(24(31)34-15-17-8-4-3-5-9-17)23(19-12-11-18(26)14-20(19)27)28-25(32)29(16)13-7-6-10-21(30)33-2/h3-5,8-9,11-12,14,23H,6-7,10,13,15H2,1-2H3,(H,28,32). The minimum absolute atomic E-state index is 0.0879. The second-order valence-corrected chi connectivity index (χ2v) is 8.64. The molecule has 2 amide bonds. The van der Waals surface area contributed by atoms with E-state index < -0.39 is 12.0 Å². The predicted molar refractivity (Wildman–Crippen MR) is 129 cm³/mol. The SMILES string of the molecule is COC(=O)CCCCN1C(=O)NC(c2ccc(Cl)cc2Cl)C(C(=O)OCc2ccccc2)=C1C. The Kier molecular flexibility index (Phi) is 8.96. The van der Waals surface area contributed by atoms with Crippen molar-refractivity contribution in [2.45, 2.75) is 38.8 Å². The Balaban J connectivity index is 1.87. The smallest absolute Gasteiger partial charge is 0.338 e. The number of nitrogens with zero attached hydrogens (tertiary/aromatic N) is 1. The maximum absolute atomic E-state index is 13.3. The highest BCUT2D eigenvalue weighted by molar-refractivity contribution is 6.35. The zero-order chi connectivity index (χ0) is 24.7. The van der Waals surface area contributed by atoms with E-state index in [1.54, 1.807) is 25.1 Å². The van der Waals surface area contributed by atoms with E-state index in [1.165, 1.54) is 12.0 Å². The first kappa shape index (κ1) is 25.6. The molecule has 0 bridgehead atoms. The molecule has 34 heavy (non-hydrogen) atoms. The summed E-state index contributed by atoms with van der Waals surface area (Å²) in [7, 11) is 1.34. The monoisotopic (exact) mass is 504 g/mol. The van der Waals surface area contributed by atoms with Crippen LogP contribution in [-0.4, -0.2) is 36.5 Å². The van der Waals surface area contributed by atoms with E-state index in [4.69, 9.17) is 27.9 Å². The Morgan fingerprint density at radius 2 is 1.82 bits per heavy atom. The fraction of sp³-hybridized carbons (Fsp3) is 0.320. The lowest BCUT2D eigenvalue weighted by Gasteiger charge is -2.35. The van der Waals surface area contributed by atoms with Crippen molar-refractivity contribution in [2.75, 3.05) is 13.7 Å². The molecule has 1 aliphatic heterocycles. The van der Waals surface area contributed by atoms with Crippen LogP contribution in [0, 0.1) is 0 Å². The van der Waals surface area contributed by atoms with Gasteiger partial charge in [-0.2, -0.15) is 0 Å². The Morgan fingerprint density at radius 3 is 2.50 bits per heavy atom. The maximum Gasteiger partial charge on any atom is 0.338 e. The van der Waals surface area contributed by atoms with Gasteiger partial charge in [-0.15, -0.1) is 0 Å². The molecule has 0 aliphatic carbocycles. The van der Waals surface area contributed by atoms with Crippen LogP contribution >= 0.6 is 23.2 Å². The lowest BCUT2D eigenvalue weighted by Crippen LogP contribution is -2.48. The van der Waals surface area contributed by atoms with E-state index in [9.17, 15) is 14.4 Å². The molecule has 1 N–H and O–H groups in total. The second kappa shape index (κ2) is 11.9. The number of hydrogen-bond acceptors (Lipinski definition) is 5. The number of unbranched alkanes of at least 4 members (excludes halogenated alkanes) is 1. The van der Waals surface area contributed by atoms with Crippen molar-refractivity contribution in [1.29, 1.82) is 0 Å². The van der Waals surface area contributed by atoms with Gasteiger partial charge < -0.3 is 14.8 Å². The molecule has 0 radical (unpaired) electrons. The quantitative estimate of drug-likeness (QED) is 0.364. The van der Waals surface area contributed by atoms with E-state index in [1.807, 2.05) is 30.3 Å². The number of rotatable bonds is 9. The number of amides is 2. The van der Waals surface area contributed by atoms with Crippen LogP contribution in [0.4, 0.5) is 4.79 Å². The van der Waals surface area contributed by atoms with Crippen molar-refractivity contribution >= 4 is 41.2 Å². The summed E-state index contributed by atoms with van der Waals surface area (Å²) in [5.74, 6) is -0.866. The molecule has 0 aromatic heterocycles. The number of carbonyl (C=O) groups excluding carboxylic acids is 3. The first-order chi connectivity index (χ1) is 16.3. The maximum atomic E-state index is 13.3. The summed E-state index contributed by atoms with van der Waals surface area (Å²) in [6.07, 6.45) is 1.35. The van der Waals surface area contributed by atoms with Gasteiger partial charge in [0.15, 0.2) is 0 Å². The van der Waals surface area contributed by atoms with Gasteiger partial charge >= 0.3 is 18.0 Å². The molecule has 0 fully saturated rings. The Hall–Kier alpha value is -3.03. The first-order valence-corrected chi connectivity index (χ1v) is 11.6. The molecule has 1 heterocycles. The van der Waals surface area contributed by atoms with Gasteiger partial charge in [0.1, 0.15) is 6.61 Å². The topological polar surface area (TPSA) is 84.9 Å². The van der Waals surface area contributed by atoms with E-state index in [0.29, 0.717) is 40.7 Å². The lowest BCUT2D eigenvalue weighted by molar-refractivity contribution is -0.141. The number of benzene rings is 2. The minimum Gasteiger partial charge on any atom is -0.469 e. The average Bonchev–Trinajstić information content (AvgIpc) is 2.82. The normalized spacial score (nSPS) is 15.7. The lowest BCUT2D eigenvalue weighted by atomic mass is 9.94. The summed E-state index contributed by atoms with van der Waals surface area (Å²) >= 11 is 12.5. The van der Waals surface area contributed by atoms with Crippen LogP contribution in [0.2, 0.25) is 10.0 Å². The van der Waals surface area contributed by atoms with Crippen molar-refractivity contribution < 1.29 is 23.9 Å². The van der Waals surface area contributed by atoms with Gasteiger partial charge in [-0.25, -0.2) is 9.59 Å². The Bertz CT molecular complexity index is 1090. The molecular weight excluding hydrogens is 479 g/mol. The van der Waals surface area contributed by atoms with Crippen LogP contribution in [0.3, 0.4) is 0 Å². The van der Waals surface area contributed by atoms with Gasteiger partial charge in [-0.3, -0.25) is 9.69 Å². The summed E-state index contributed by atoms with van der Waals surface area (Å²) in [5.41, 5.74) is 2.13. The van der Waals surface area contributed by atoms with E-state index in [2.05, 4.69) is 10.1 Å². The van der Waals surface area contributed by atoms with E-state index in [-0.39, 0.29) is 30.6 Å². The van der Waals surface area contributed by atoms with Crippen molar-refractivity contribution in [2.24, 2.45) is 0 Å². The largest absolute Gasteiger partial charge is 0.469 e. The third kappa shape index (κ3) is 6.30. The van der Waals surface area contributed by atoms with Gasteiger partial charge in [0.25, 0.3) is 0 Å². The van der Waals surface area contributed by atoms with Crippen LogP contribution in [-0.2, 0) is 25.7 Å². The van der Waals surface area contributed by atoms with E-state index in [0.717, 1.165) is 5.56 Å². The highest BCUT2D eigenvalue weighted by Gasteiger charge is 2.37. The second-order valence-electron chi connectivity index (χ2n) is 7.79. The van der Waals surface area contributed by atoms with Crippen LogP contribution < -0.4 is 5.32 Å². The number of nitrogens with one attached hydrogen (secondary N) is 1. The Labute approximate surface area is 208 Å². The van der Waals surface area contributed by atoms with Crippen molar-refractivity contribution in [3.05, 3.63) is 81.0 Å². The van der Waals surface area contributed by atoms with Crippen molar-refractivity contribution in [1.82, 2.24) is 10.2 Å². The van der Waals surface area contributed by atoms with Gasteiger partial charge in [-0.1, -0.05) is 59.6 Å². The Morgan fingerprint density at radius 1 is 1.09 bits per heavy atom. The molecule has 0 spiro atoms. The number of methoxy groups -OCH3 is 1. The summed E-state index contributed by atoms with van der Waals surface area (Å²) in [6, 6.07) is 13.0. The number of hydrogen-bond donors (Lipinski definition) is 1. The molecule has 0 saturated carbocycles. The number of urea groups is 1. The summed E-state index contributed by atoms with van der Waals surface area (Å²) < 4.78 is 10.3. The number of esters is 2. The minimum atomic E-state index is -0.799. The molecule has 1 aliphatic rings. The van der Waals surface area contributed by atoms with Gasteiger partial charge in [-0.05, 0) is 43.0 Å². The van der Waals surface area contributed by atoms with Crippen molar-refractivity contribution in [3.63, 3.8) is 0 Å². The van der Waals surface area contributed by atoms with E-state index >= 15 is 0 Å². The summed E-state index contributed by atoms with van der Waals surface area (Å²) in [5, 5.41) is 3.64. The fourth-order valence-electron chi connectivity index (χ4n) is 3.73. The number of allylic oxidation sites excluding steroid dienone is 1. The third-order valence-corrected chi connectivity index (χ3v) is 6.11. The number of ether oxygens (including phenoxy) is 2. The van der Waals surface area contributed by atoms with Gasteiger partial charge in [0, 0.05) is 28.7 Å². The van der Waals surface area contributed by atoms with Crippen LogP contribution in [0.5, 0.6) is 0 Å². The van der Waals surface area contributed by atoms with Crippen LogP contribution in [0.25, 0.3) is 0 Å². The van der Waals surface area contributed by atoms with Gasteiger partial charge in [0.2, 0.25) is 0 Å². The number of carbonyl (C=O) groups is 3. The molecule has 1 atom stereocenters. The zero-order valence-electron chi connectivity index (χ0n) is 19.0. The predicted octanol–water partition coefficient (Wildman–Crippen LogP) is 5.42. The molecule has 2 aromatic carbocycles. The molecule has 9 heteroatoms. The third-order valence-electron chi connectivity index (χ3n) is 5.54. The number of halogens is 2. The average molecular weight is 505 g/mol. The van der Waals surface area contributed by atoms with Gasteiger partial charge in [0.05, 0.1) is 18.7 Å². The molecule has 2 aromatic rings. The highest BCUT2D eigenvalue weighted by Crippen LogP contribution is 2.36. The molecule has 180 valence electrons. The van der Waals surface area contributed by atoms with Crippen LogP contribution in [0.1, 0.15) is 43.4 Å². The fourth-order valence-corrected chi connectivity index (χ4v) is 4.24. The summed E-state index contributed by atoms with van der Waals surface area (Å²) in [4.78, 5) is 39.1. The molecule has 1 unspecified atom stereocenters. The molecule has 7 nitrogen and oxygen atoms in total. The zero-order valence-corrected chi connectivity index (χ0v) is 20.5. The highest BCUT2D eigenvalue weighted by atomic mass is 35.5. The van der Waals surface area contributed by atoms with Crippen LogP contribution in [0.15, 0.2) is 59.8 Å². The first-order valence-electron chi connectivity index (χ1n) is 10.8. The molecule has 0 saturated heterocycles. The molecule has 3 rings (SSSR count). The van der Waals surface area contributed by atoms with Crippen molar-refractivity contribution in [3.8, 4) is 0 Å². The molecular formula is C25H26Cl2N2O5. The summed E-state index contributed by atoms with van der Waals surface area (Å²) in [6.45, 7) is 2.12.